The molecule has 3 rings (SSSR count). The van der Waals surface area contributed by atoms with E-state index in [0.29, 0.717) is 6.54 Å². The van der Waals surface area contributed by atoms with Crippen LogP contribution >= 0.6 is 0 Å². The first-order valence-corrected chi connectivity index (χ1v) is 11.0. The Kier molecular flexibility index (Phi) is 7.68. The first kappa shape index (κ1) is 23.2. The van der Waals surface area contributed by atoms with Gasteiger partial charge >= 0.3 is 0 Å². The number of hydrogen-bond donors (Lipinski definition) is 2. The maximum Gasteiger partial charge on any atom is 0.142 e. The van der Waals surface area contributed by atoms with Crippen molar-refractivity contribution in [2.45, 2.75) is 32.3 Å². The summed E-state index contributed by atoms with van der Waals surface area (Å²) in [5.41, 5.74) is 2.15. The van der Waals surface area contributed by atoms with Gasteiger partial charge in [-0.15, -0.1) is 0 Å². The highest BCUT2D eigenvalue weighted by atomic mass is 16.5. The second kappa shape index (κ2) is 10.2. The molecule has 1 atom stereocenters. The molecule has 1 aliphatic rings. The normalized spacial score (nSPS) is 16.1. The van der Waals surface area contributed by atoms with Gasteiger partial charge in [-0.1, -0.05) is 32.9 Å². The zero-order valence-electron chi connectivity index (χ0n) is 19.5. The quantitative estimate of drug-likeness (QED) is 0.674. The minimum Gasteiger partial charge on any atom is -0.497 e. The summed E-state index contributed by atoms with van der Waals surface area (Å²) < 4.78 is 16.9. The lowest BCUT2D eigenvalue weighted by atomic mass is 9.86. The molecule has 1 fully saturated rings. The van der Waals surface area contributed by atoms with Crippen LogP contribution < -0.4 is 24.0 Å². The molecule has 1 aliphatic heterocycles. The van der Waals surface area contributed by atoms with Crippen molar-refractivity contribution in [3.63, 3.8) is 0 Å². The second-order valence-electron chi connectivity index (χ2n) is 9.19. The van der Waals surface area contributed by atoms with E-state index in [9.17, 15) is 5.11 Å². The number of aliphatic hydroxyl groups excluding tert-OH is 1. The van der Waals surface area contributed by atoms with Gasteiger partial charge in [0.1, 0.15) is 36.5 Å². The third-order valence-electron chi connectivity index (χ3n) is 5.85. The summed E-state index contributed by atoms with van der Waals surface area (Å²) in [5, 5.41) is 10.6. The molecule has 1 heterocycles. The van der Waals surface area contributed by atoms with Crippen molar-refractivity contribution in [2.75, 3.05) is 58.5 Å². The van der Waals surface area contributed by atoms with E-state index in [4.69, 9.17) is 14.2 Å². The maximum absolute atomic E-state index is 10.6. The maximum atomic E-state index is 10.6. The number of rotatable bonds is 8. The van der Waals surface area contributed by atoms with E-state index in [1.165, 1.54) is 4.90 Å². The van der Waals surface area contributed by atoms with E-state index in [-0.39, 0.29) is 12.0 Å². The van der Waals surface area contributed by atoms with Gasteiger partial charge in [0, 0.05) is 5.56 Å². The van der Waals surface area contributed by atoms with Crippen LogP contribution in [0.3, 0.4) is 0 Å². The molecule has 0 unspecified atom stereocenters. The standard InChI is InChI=1S/C25H36N2O4/c1-25(2,3)21-16-20(29-4)10-11-23(21)31-18-19(28)17-26-12-14-27(15-13-26)22-8-6-7-9-24(22)30-5/h6-11,16,19,28H,12-15,17-18H2,1-5H3/p+1/t19-/m0/s1. The number of para-hydroxylation sites is 2. The Balaban J connectivity index is 1.52. The van der Waals surface area contributed by atoms with E-state index in [2.05, 4.69) is 31.7 Å². The molecule has 0 amide bonds. The number of methoxy groups -OCH3 is 2. The van der Waals surface area contributed by atoms with Crippen molar-refractivity contribution in [3.8, 4) is 17.2 Å². The third-order valence-corrected chi connectivity index (χ3v) is 5.85. The second-order valence-corrected chi connectivity index (χ2v) is 9.19. The predicted molar refractivity (Wildman–Crippen MR) is 124 cm³/mol. The molecular weight excluding hydrogens is 392 g/mol. The number of aliphatic hydroxyl groups is 1. The van der Waals surface area contributed by atoms with Gasteiger partial charge in [0.2, 0.25) is 0 Å². The SMILES string of the molecule is COc1ccc(OC[C@@H](O)C[NH+]2CCN(c3ccccc3OC)CC2)c(C(C)(C)C)c1. The van der Waals surface area contributed by atoms with Gasteiger partial charge in [-0.3, -0.25) is 0 Å². The lowest BCUT2D eigenvalue weighted by Crippen LogP contribution is -3.16. The minimum absolute atomic E-state index is 0.0745. The summed E-state index contributed by atoms with van der Waals surface area (Å²) in [5.74, 6) is 2.53. The molecule has 0 saturated carbocycles. The highest BCUT2D eigenvalue weighted by molar-refractivity contribution is 5.58. The zero-order valence-corrected chi connectivity index (χ0v) is 19.5. The van der Waals surface area contributed by atoms with Crippen LogP contribution in [-0.4, -0.2) is 64.8 Å². The lowest BCUT2D eigenvalue weighted by molar-refractivity contribution is -0.903. The Hall–Kier alpha value is -2.44. The van der Waals surface area contributed by atoms with Crippen LogP contribution in [0.1, 0.15) is 26.3 Å². The highest BCUT2D eigenvalue weighted by Gasteiger charge is 2.25. The summed E-state index contributed by atoms with van der Waals surface area (Å²) in [6.45, 7) is 11.3. The highest BCUT2D eigenvalue weighted by Crippen LogP contribution is 2.34. The number of benzene rings is 2. The van der Waals surface area contributed by atoms with Gasteiger partial charge in [-0.05, 0) is 35.7 Å². The first-order chi connectivity index (χ1) is 14.8. The van der Waals surface area contributed by atoms with Crippen molar-refractivity contribution in [2.24, 2.45) is 0 Å². The first-order valence-electron chi connectivity index (χ1n) is 11.0. The molecule has 1 saturated heterocycles. The zero-order chi connectivity index (χ0) is 22.4. The largest absolute Gasteiger partial charge is 0.497 e. The topological polar surface area (TPSA) is 55.6 Å². The van der Waals surface area contributed by atoms with Gasteiger partial charge in [0.25, 0.3) is 0 Å². The minimum atomic E-state index is -0.511. The van der Waals surface area contributed by atoms with E-state index in [1.54, 1.807) is 14.2 Å². The number of piperazine rings is 1. The van der Waals surface area contributed by atoms with Gasteiger partial charge in [0.15, 0.2) is 0 Å². The van der Waals surface area contributed by atoms with Crippen molar-refractivity contribution in [1.82, 2.24) is 0 Å². The van der Waals surface area contributed by atoms with Crippen LogP contribution in [0.5, 0.6) is 17.2 Å². The summed E-state index contributed by atoms with van der Waals surface area (Å²) in [7, 11) is 3.38. The fourth-order valence-electron chi connectivity index (χ4n) is 4.09. The van der Waals surface area contributed by atoms with E-state index in [0.717, 1.165) is 54.7 Å². The number of nitrogens with one attached hydrogen (secondary N) is 1. The van der Waals surface area contributed by atoms with Crippen molar-refractivity contribution < 1.29 is 24.2 Å². The number of hydrogen-bond acceptors (Lipinski definition) is 5. The van der Waals surface area contributed by atoms with Crippen LogP contribution in [0.4, 0.5) is 5.69 Å². The van der Waals surface area contributed by atoms with Crippen LogP contribution in [-0.2, 0) is 5.41 Å². The Morgan fingerprint density at radius 3 is 2.35 bits per heavy atom. The molecular formula is C25H37N2O4+. The van der Waals surface area contributed by atoms with Gasteiger partial charge in [-0.25, -0.2) is 0 Å². The predicted octanol–water partition coefficient (Wildman–Crippen LogP) is 2.15. The van der Waals surface area contributed by atoms with Crippen LogP contribution in [0, 0.1) is 0 Å². The molecule has 0 radical (unpaired) electrons. The lowest BCUT2D eigenvalue weighted by Gasteiger charge is -2.35. The third kappa shape index (κ3) is 6.05. The molecule has 6 nitrogen and oxygen atoms in total. The number of nitrogens with zero attached hydrogens (tertiary/aromatic N) is 1. The Morgan fingerprint density at radius 1 is 1.00 bits per heavy atom. The molecule has 0 aromatic heterocycles. The fourth-order valence-corrected chi connectivity index (χ4v) is 4.09. The molecule has 31 heavy (non-hydrogen) atoms. The molecule has 2 aromatic carbocycles. The Bertz CT molecular complexity index is 842. The number of quaternary nitrogens is 1. The van der Waals surface area contributed by atoms with Crippen LogP contribution in [0.25, 0.3) is 0 Å². The number of anilines is 1. The monoisotopic (exact) mass is 429 g/mol. The summed E-state index contributed by atoms with van der Waals surface area (Å²) in [6, 6.07) is 14.0. The average molecular weight is 430 g/mol. The summed E-state index contributed by atoms with van der Waals surface area (Å²) in [4.78, 5) is 3.76. The Labute approximate surface area is 186 Å². The van der Waals surface area contributed by atoms with Crippen molar-refractivity contribution in [3.05, 3.63) is 48.0 Å². The van der Waals surface area contributed by atoms with E-state index in [1.807, 2.05) is 36.4 Å². The summed E-state index contributed by atoms with van der Waals surface area (Å²) >= 11 is 0. The van der Waals surface area contributed by atoms with Crippen LogP contribution in [0.15, 0.2) is 42.5 Å². The molecule has 0 aliphatic carbocycles. The molecule has 6 heteroatoms. The van der Waals surface area contributed by atoms with Crippen molar-refractivity contribution >= 4 is 5.69 Å². The summed E-state index contributed by atoms with van der Waals surface area (Å²) in [6.07, 6.45) is -0.511. The fraction of sp³-hybridized carbons (Fsp3) is 0.520. The molecule has 2 N–H and O–H groups in total. The molecule has 0 spiro atoms. The Morgan fingerprint density at radius 2 is 1.71 bits per heavy atom. The van der Waals surface area contributed by atoms with Gasteiger partial charge in [-0.2, -0.15) is 0 Å². The number of ether oxygens (including phenoxy) is 3. The van der Waals surface area contributed by atoms with E-state index >= 15 is 0 Å². The molecule has 0 bridgehead atoms. The van der Waals surface area contributed by atoms with E-state index < -0.39 is 6.10 Å². The van der Waals surface area contributed by atoms with Crippen LogP contribution in [0.2, 0.25) is 0 Å². The smallest absolute Gasteiger partial charge is 0.142 e. The molecule has 2 aromatic rings. The molecule has 170 valence electrons. The van der Waals surface area contributed by atoms with Gasteiger partial charge < -0.3 is 29.1 Å². The van der Waals surface area contributed by atoms with Crippen molar-refractivity contribution in [1.29, 1.82) is 0 Å². The van der Waals surface area contributed by atoms with Gasteiger partial charge in [0.05, 0.1) is 46.1 Å². The average Bonchev–Trinajstić information content (AvgIpc) is 2.77.